The second-order valence-corrected chi connectivity index (χ2v) is 5.61. The Morgan fingerprint density at radius 1 is 1.50 bits per heavy atom. The molecule has 0 fully saturated rings. The Kier molecular flexibility index (Phi) is 5.18. The molecule has 1 aromatic carbocycles. The standard InChI is InChI=1S/C14H16N4O3S/c1-9-10(3-2-4-12(9)18(20)21)7-16-14(19)11-8-22-13(17-11)5-6-15/h2-4,8H,5-7,15H2,1H3,(H,16,19). The number of amides is 1. The van der Waals surface area contributed by atoms with Crippen molar-refractivity contribution in [2.75, 3.05) is 6.54 Å². The van der Waals surface area contributed by atoms with E-state index in [0.29, 0.717) is 29.8 Å². The average molecular weight is 320 g/mol. The number of nitro benzene ring substituents is 1. The molecule has 1 amide bonds. The lowest BCUT2D eigenvalue weighted by Crippen LogP contribution is -2.23. The molecule has 8 heteroatoms. The van der Waals surface area contributed by atoms with Gasteiger partial charge in [-0.2, -0.15) is 0 Å². The van der Waals surface area contributed by atoms with Crippen LogP contribution in [0.2, 0.25) is 0 Å². The third-order valence-electron chi connectivity index (χ3n) is 3.20. The second kappa shape index (κ2) is 7.10. The fraction of sp³-hybridized carbons (Fsp3) is 0.286. The van der Waals surface area contributed by atoms with Gasteiger partial charge in [-0.25, -0.2) is 4.98 Å². The number of carbonyl (C=O) groups excluding carboxylic acids is 1. The van der Waals surface area contributed by atoms with Gasteiger partial charge in [0.1, 0.15) is 5.69 Å². The van der Waals surface area contributed by atoms with E-state index in [1.54, 1.807) is 24.4 Å². The topological polar surface area (TPSA) is 111 Å². The molecule has 3 N–H and O–H groups in total. The van der Waals surface area contributed by atoms with Crippen molar-refractivity contribution in [1.29, 1.82) is 0 Å². The van der Waals surface area contributed by atoms with Crippen LogP contribution in [0, 0.1) is 17.0 Å². The zero-order chi connectivity index (χ0) is 16.1. The minimum Gasteiger partial charge on any atom is -0.347 e. The van der Waals surface area contributed by atoms with Crippen molar-refractivity contribution in [2.45, 2.75) is 19.9 Å². The highest BCUT2D eigenvalue weighted by Gasteiger charge is 2.15. The number of hydrogen-bond donors (Lipinski definition) is 2. The van der Waals surface area contributed by atoms with Crippen LogP contribution in [0.15, 0.2) is 23.6 Å². The van der Waals surface area contributed by atoms with E-state index in [0.717, 1.165) is 5.01 Å². The van der Waals surface area contributed by atoms with Gasteiger partial charge in [0.25, 0.3) is 11.6 Å². The van der Waals surface area contributed by atoms with Crippen molar-refractivity contribution in [3.05, 3.63) is 55.5 Å². The molecule has 0 atom stereocenters. The minimum absolute atomic E-state index is 0.0469. The second-order valence-electron chi connectivity index (χ2n) is 4.67. The molecule has 0 radical (unpaired) electrons. The summed E-state index contributed by atoms with van der Waals surface area (Å²) >= 11 is 1.39. The van der Waals surface area contributed by atoms with Gasteiger partial charge in [0.2, 0.25) is 0 Å². The van der Waals surface area contributed by atoms with Gasteiger partial charge in [-0.1, -0.05) is 12.1 Å². The van der Waals surface area contributed by atoms with Gasteiger partial charge in [-0.15, -0.1) is 11.3 Å². The Hall–Kier alpha value is -2.32. The van der Waals surface area contributed by atoms with E-state index in [-0.39, 0.29) is 18.1 Å². The molecule has 0 saturated heterocycles. The molecule has 0 spiro atoms. The first-order valence-electron chi connectivity index (χ1n) is 6.68. The van der Waals surface area contributed by atoms with Gasteiger partial charge in [0.05, 0.1) is 9.93 Å². The van der Waals surface area contributed by atoms with Gasteiger partial charge in [-0.05, 0) is 19.0 Å². The maximum Gasteiger partial charge on any atom is 0.272 e. The Labute approximate surface area is 131 Å². The molecule has 116 valence electrons. The van der Waals surface area contributed by atoms with Crippen LogP contribution in [0.5, 0.6) is 0 Å². The lowest BCUT2D eigenvalue weighted by molar-refractivity contribution is -0.385. The van der Waals surface area contributed by atoms with Gasteiger partial charge in [-0.3, -0.25) is 14.9 Å². The molecule has 2 aromatic rings. The van der Waals surface area contributed by atoms with Gasteiger partial charge in [0.15, 0.2) is 0 Å². The number of nitrogens with one attached hydrogen (secondary N) is 1. The number of benzene rings is 1. The molecule has 0 bridgehead atoms. The first-order valence-corrected chi connectivity index (χ1v) is 7.56. The SMILES string of the molecule is Cc1c(CNC(=O)c2csc(CCN)n2)cccc1[N+](=O)[O-]. The molecule has 1 heterocycles. The van der Waals surface area contributed by atoms with Crippen LogP contribution < -0.4 is 11.1 Å². The third kappa shape index (κ3) is 3.66. The molecule has 2 rings (SSSR count). The molecule has 22 heavy (non-hydrogen) atoms. The molecule has 1 aromatic heterocycles. The van der Waals surface area contributed by atoms with Gasteiger partial charge >= 0.3 is 0 Å². The van der Waals surface area contributed by atoms with Gasteiger partial charge < -0.3 is 11.1 Å². The van der Waals surface area contributed by atoms with Crippen molar-refractivity contribution < 1.29 is 9.72 Å². The summed E-state index contributed by atoms with van der Waals surface area (Å²) in [6.07, 6.45) is 0.641. The zero-order valence-corrected chi connectivity index (χ0v) is 12.9. The van der Waals surface area contributed by atoms with Crippen LogP contribution >= 0.6 is 11.3 Å². The first kappa shape index (κ1) is 16.1. The summed E-state index contributed by atoms with van der Waals surface area (Å²) < 4.78 is 0. The number of thiazole rings is 1. The molecule has 0 unspecified atom stereocenters. The molecule has 7 nitrogen and oxygen atoms in total. The summed E-state index contributed by atoms with van der Waals surface area (Å²) in [5.41, 5.74) is 7.10. The number of hydrogen-bond acceptors (Lipinski definition) is 6. The van der Waals surface area contributed by atoms with Crippen molar-refractivity contribution in [2.24, 2.45) is 5.73 Å². The molecule has 0 aliphatic carbocycles. The van der Waals surface area contributed by atoms with E-state index in [1.807, 2.05) is 0 Å². The summed E-state index contributed by atoms with van der Waals surface area (Å²) in [4.78, 5) is 26.7. The van der Waals surface area contributed by atoms with E-state index in [4.69, 9.17) is 5.73 Å². The zero-order valence-electron chi connectivity index (χ0n) is 12.0. The van der Waals surface area contributed by atoms with E-state index >= 15 is 0 Å². The summed E-state index contributed by atoms with van der Waals surface area (Å²) in [6.45, 7) is 2.37. The monoisotopic (exact) mass is 320 g/mol. The van der Waals surface area contributed by atoms with Crippen LogP contribution in [0.4, 0.5) is 5.69 Å². The average Bonchev–Trinajstić information content (AvgIpc) is 2.94. The first-order chi connectivity index (χ1) is 10.5. The van der Waals surface area contributed by atoms with Crippen LogP contribution in [0.1, 0.15) is 26.6 Å². The largest absolute Gasteiger partial charge is 0.347 e. The lowest BCUT2D eigenvalue weighted by atomic mass is 10.1. The number of nitrogens with zero attached hydrogens (tertiary/aromatic N) is 2. The summed E-state index contributed by atoms with van der Waals surface area (Å²) in [5, 5.41) is 16.1. The number of aromatic nitrogens is 1. The lowest BCUT2D eigenvalue weighted by Gasteiger charge is -2.07. The number of nitro groups is 1. The Morgan fingerprint density at radius 3 is 2.95 bits per heavy atom. The van der Waals surface area contributed by atoms with E-state index in [2.05, 4.69) is 10.3 Å². The fourth-order valence-electron chi connectivity index (χ4n) is 1.98. The highest BCUT2D eigenvalue weighted by Crippen LogP contribution is 2.21. The number of nitrogens with two attached hydrogens (primary N) is 1. The highest BCUT2D eigenvalue weighted by atomic mass is 32.1. The summed E-state index contributed by atoms with van der Waals surface area (Å²) in [5.74, 6) is -0.301. The van der Waals surface area contributed by atoms with E-state index in [9.17, 15) is 14.9 Å². The van der Waals surface area contributed by atoms with Crippen molar-refractivity contribution >= 4 is 22.9 Å². The predicted octanol–water partition coefficient (Wildman–Crippen LogP) is 1.79. The quantitative estimate of drug-likeness (QED) is 0.622. The van der Waals surface area contributed by atoms with Crippen LogP contribution in [0.3, 0.4) is 0 Å². The molecule has 0 saturated carbocycles. The van der Waals surface area contributed by atoms with E-state index < -0.39 is 4.92 Å². The minimum atomic E-state index is -0.430. The fourth-order valence-corrected chi connectivity index (χ4v) is 2.77. The van der Waals surface area contributed by atoms with E-state index in [1.165, 1.54) is 17.4 Å². The predicted molar refractivity (Wildman–Crippen MR) is 83.9 cm³/mol. The maximum atomic E-state index is 12.0. The van der Waals surface area contributed by atoms with Crippen LogP contribution in [-0.4, -0.2) is 22.4 Å². The molecule has 0 aliphatic heterocycles. The van der Waals surface area contributed by atoms with Crippen LogP contribution in [-0.2, 0) is 13.0 Å². The summed E-state index contributed by atoms with van der Waals surface area (Å²) in [6, 6.07) is 4.80. The summed E-state index contributed by atoms with van der Waals surface area (Å²) in [7, 11) is 0. The Bertz CT molecular complexity index is 699. The maximum absolute atomic E-state index is 12.0. The van der Waals surface area contributed by atoms with Crippen LogP contribution in [0.25, 0.3) is 0 Å². The van der Waals surface area contributed by atoms with Crippen molar-refractivity contribution in [3.63, 3.8) is 0 Å². The van der Waals surface area contributed by atoms with Crippen molar-refractivity contribution in [1.82, 2.24) is 10.3 Å². The smallest absolute Gasteiger partial charge is 0.272 e. The number of carbonyl (C=O) groups is 1. The van der Waals surface area contributed by atoms with Gasteiger partial charge in [0, 0.05) is 30.0 Å². The third-order valence-corrected chi connectivity index (χ3v) is 4.10. The molecule has 0 aliphatic rings. The highest BCUT2D eigenvalue weighted by molar-refractivity contribution is 7.09. The number of rotatable bonds is 6. The van der Waals surface area contributed by atoms with Crippen molar-refractivity contribution in [3.8, 4) is 0 Å². The Morgan fingerprint density at radius 2 is 2.27 bits per heavy atom. The normalized spacial score (nSPS) is 10.5. The molecular weight excluding hydrogens is 304 g/mol. The Balaban J connectivity index is 2.04. The molecular formula is C14H16N4O3S.